The second-order valence-electron chi connectivity index (χ2n) is 6.16. The van der Waals surface area contributed by atoms with Gasteiger partial charge in [-0.1, -0.05) is 11.2 Å². The van der Waals surface area contributed by atoms with E-state index in [9.17, 15) is 4.79 Å². The second-order valence-corrected chi connectivity index (χ2v) is 7.14. The molecule has 0 unspecified atom stereocenters. The fourth-order valence-corrected chi connectivity index (χ4v) is 3.44. The number of pyridine rings is 1. The van der Waals surface area contributed by atoms with E-state index in [0.717, 1.165) is 25.0 Å². The molecule has 0 spiro atoms. The Kier molecular flexibility index (Phi) is 7.86. The molecule has 0 aliphatic carbocycles. The Labute approximate surface area is 163 Å². The zero-order valence-electron chi connectivity index (χ0n) is 14.7. The number of hydrogen-bond acceptors (Lipinski definition) is 7. The van der Waals surface area contributed by atoms with Crippen molar-refractivity contribution in [2.45, 2.75) is 31.2 Å². The third kappa shape index (κ3) is 4.96. The molecule has 1 aliphatic heterocycles. The lowest BCUT2D eigenvalue weighted by molar-refractivity contribution is -0.133. The lowest BCUT2D eigenvalue weighted by Gasteiger charge is -2.32. The lowest BCUT2D eigenvalue weighted by Crippen LogP contribution is -2.47. The van der Waals surface area contributed by atoms with Gasteiger partial charge in [0.2, 0.25) is 17.6 Å². The minimum absolute atomic E-state index is 0. The van der Waals surface area contributed by atoms with E-state index in [4.69, 9.17) is 10.3 Å². The highest BCUT2D eigenvalue weighted by molar-refractivity contribution is 7.98. The Bertz CT molecular complexity index is 691. The van der Waals surface area contributed by atoms with Crippen molar-refractivity contribution in [2.24, 2.45) is 5.73 Å². The molecule has 3 rings (SSSR count). The van der Waals surface area contributed by atoms with Gasteiger partial charge < -0.3 is 15.2 Å². The van der Waals surface area contributed by atoms with Crippen LogP contribution in [0, 0.1) is 0 Å². The van der Waals surface area contributed by atoms with Gasteiger partial charge in [0.1, 0.15) is 5.69 Å². The summed E-state index contributed by atoms with van der Waals surface area (Å²) in [6.45, 7) is 1.36. The second kappa shape index (κ2) is 9.89. The van der Waals surface area contributed by atoms with Gasteiger partial charge in [0.15, 0.2) is 0 Å². The number of hydrogen-bond donors (Lipinski definition) is 1. The lowest BCUT2D eigenvalue weighted by atomic mass is 9.96. The summed E-state index contributed by atoms with van der Waals surface area (Å²) >= 11 is 1.71. The first-order valence-corrected chi connectivity index (χ1v) is 9.86. The summed E-state index contributed by atoms with van der Waals surface area (Å²) < 4.78 is 5.42. The molecule has 2 N–H and O–H groups in total. The molecule has 1 atom stereocenters. The van der Waals surface area contributed by atoms with Crippen LogP contribution >= 0.6 is 24.2 Å². The first-order chi connectivity index (χ1) is 12.2. The molecule has 2 aromatic heterocycles. The Morgan fingerprint density at radius 3 is 2.85 bits per heavy atom. The molecule has 1 fully saturated rings. The van der Waals surface area contributed by atoms with E-state index in [1.54, 1.807) is 18.0 Å². The van der Waals surface area contributed by atoms with Gasteiger partial charge in [-0.05, 0) is 43.4 Å². The molecular weight excluding hydrogens is 374 g/mol. The number of nitrogens with zero attached hydrogens (tertiary/aromatic N) is 4. The van der Waals surface area contributed by atoms with E-state index in [1.165, 1.54) is 0 Å². The summed E-state index contributed by atoms with van der Waals surface area (Å²) in [6.07, 6.45) is 6.06. The van der Waals surface area contributed by atoms with Gasteiger partial charge in [-0.15, -0.1) is 12.4 Å². The number of halogens is 1. The predicted molar refractivity (Wildman–Crippen MR) is 104 cm³/mol. The maximum Gasteiger partial charge on any atom is 0.239 e. The van der Waals surface area contributed by atoms with Crippen LogP contribution in [0.15, 0.2) is 28.9 Å². The molecule has 2 aromatic rings. The number of thioether (sulfide) groups is 1. The number of nitrogens with two attached hydrogens (primary N) is 1. The molecule has 1 saturated heterocycles. The zero-order valence-corrected chi connectivity index (χ0v) is 16.3. The van der Waals surface area contributed by atoms with Crippen LogP contribution in [-0.2, 0) is 4.79 Å². The molecule has 1 aliphatic rings. The van der Waals surface area contributed by atoms with Crippen LogP contribution in [0.25, 0.3) is 11.5 Å². The summed E-state index contributed by atoms with van der Waals surface area (Å²) in [5, 5.41) is 4.03. The van der Waals surface area contributed by atoms with Crippen molar-refractivity contribution in [1.29, 1.82) is 0 Å². The molecule has 1 amide bonds. The normalized spacial score (nSPS) is 16.2. The molecule has 0 saturated carbocycles. The van der Waals surface area contributed by atoms with Gasteiger partial charge in [-0.25, -0.2) is 0 Å². The maximum atomic E-state index is 12.4. The van der Waals surface area contributed by atoms with Crippen LogP contribution in [-0.4, -0.2) is 57.1 Å². The molecule has 0 radical (unpaired) electrons. The van der Waals surface area contributed by atoms with E-state index in [1.807, 2.05) is 29.4 Å². The Morgan fingerprint density at radius 1 is 1.42 bits per heavy atom. The number of amides is 1. The summed E-state index contributed by atoms with van der Waals surface area (Å²) in [7, 11) is 0. The highest BCUT2D eigenvalue weighted by Gasteiger charge is 2.29. The molecule has 0 aromatic carbocycles. The zero-order chi connectivity index (χ0) is 17.6. The average molecular weight is 398 g/mol. The van der Waals surface area contributed by atoms with Crippen LogP contribution in [0.1, 0.15) is 31.1 Å². The summed E-state index contributed by atoms with van der Waals surface area (Å²) in [5.74, 6) is 2.26. The van der Waals surface area contributed by atoms with Crippen molar-refractivity contribution in [3.63, 3.8) is 0 Å². The fourth-order valence-electron chi connectivity index (χ4n) is 2.95. The molecule has 3 heterocycles. The Hall–Kier alpha value is -1.64. The molecule has 26 heavy (non-hydrogen) atoms. The molecule has 0 bridgehead atoms. The highest BCUT2D eigenvalue weighted by atomic mass is 35.5. The van der Waals surface area contributed by atoms with Gasteiger partial charge >= 0.3 is 0 Å². The molecular formula is C17H24ClN5O2S. The van der Waals surface area contributed by atoms with Crippen LogP contribution in [0.4, 0.5) is 0 Å². The van der Waals surface area contributed by atoms with E-state index >= 15 is 0 Å². The van der Waals surface area contributed by atoms with Crippen LogP contribution in [0.3, 0.4) is 0 Å². The Balaban J connectivity index is 0.00000243. The quantitative estimate of drug-likeness (QED) is 0.798. The first-order valence-electron chi connectivity index (χ1n) is 8.47. The van der Waals surface area contributed by atoms with Gasteiger partial charge in [0.25, 0.3) is 0 Å². The van der Waals surface area contributed by atoms with Gasteiger partial charge in [-0.2, -0.15) is 16.7 Å². The predicted octanol–water partition coefficient (Wildman–Crippen LogP) is 2.34. The molecule has 9 heteroatoms. The molecule has 142 valence electrons. The van der Waals surface area contributed by atoms with Gasteiger partial charge in [0, 0.05) is 25.2 Å². The summed E-state index contributed by atoms with van der Waals surface area (Å²) in [4.78, 5) is 22.9. The third-order valence-corrected chi connectivity index (χ3v) is 5.09. The fraction of sp³-hybridized carbons (Fsp3) is 0.529. The number of aromatic nitrogens is 3. The van der Waals surface area contributed by atoms with Crippen molar-refractivity contribution in [3.05, 3.63) is 30.3 Å². The van der Waals surface area contributed by atoms with Crippen molar-refractivity contribution < 1.29 is 9.32 Å². The number of likely N-dealkylation sites (tertiary alicyclic amines) is 1. The van der Waals surface area contributed by atoms with Crippen molar-refractivity contribution in [1.82, 2.24) is 20.0 Å². The van der Waals surface area contributed by atoms with Crippen LogP contribution in [0.5, 0.6) is 0 Å². The van der Waals surface area contributed by atoms with Crippen molar-refractivity contribution in [2.75, 3.05) is 25.1 Å². The van der Waals surface area contributed by atoms with Gasteiger partial charge in [-0.3, -0.25) is 9.78 Å². The van der Waals surface area contributed by atoms with Gasteiger partial charge in [0.05, 0.1) is 6.04 Å². The minimum atomic E-state index is -0.400. The number of carbonyl (C=O) groups is 1. The topological polar surface area (TPSA) is 98.1 Å². The standard InChI is InChI=1S/C17H23N5O2S.ClH/c1-25-11-7-13(18)17(23)22-9-5-12(6-10-22)16-20-15(21-24-16)14-4-2-3-8-19-14;/h2-4,8,12-13H,5-7,9-11,18H2,1H3;1H/t13-;/m0./s1. The highest BCUT2D eigenvalue weighted by Crippen LogP contribution is 2.28. The van der Waals surface area contributed by atoms with E-state index in [0.29, 0.717) is 30.5 Å². The largest absolute Gasteiger partial charge is 0.341 e. The molecule has 7 nitrogen and oxygen atoms in total. The van der Waals surface area contributed by atoms with Crippen LogP contribution < -0.4 is 5.73 Å². The number of rotatable bonds is 6. The summed E-state index contributed by atoms with van der Waals surface area (Å²) in [5.41, 5.74) is 6.69. The van der Waals surface area contributed by atoms with E-state index < -0.39 is 6.04 Å². The van der Waals surface area contributed by atoms with Crippen molar-refractivity contribution >= 4 is 30.1 Å². The number of piperidine rings is 1. The average Bonchev–Trinajstić information content (AvgIpc) is 3.16. The smallest absolute Gasteiger partial charge is 0.239 e. The number of carbonyl (C=O) groups excluding carboxylic acids is 1. The summed E-state index contributed by atoms with van der Waals surface area (Å²) in [6, 6.07) is 5.19. The first kappa shape index (κ1) is 20.7. The Morgan fingerprint density at radius 2 is 2.19 bits per heavy atom. The van der Waals surface area contributed by atoms with E-state index in [2.05, 4.69) is 15.1 Å². The minimum Gasteiger partial charge on any atom is -0.341 e. The van der Waals surface area contributed by atoms with Crippen LogP contribution in [0.2, 0.25) is 0 Å². The third-order valence-electron chi connectivity index (χ3n) is 4.44. The maximum absolute atomic E-state index is 12.4. The van der Waals surface area contributed by atoms with Crippen molar-refractivity contribution in [3.8, 4) is 11.5 Å². The SMILES string of the molecule is CSCC[C@H](N)C(=O)N1CCC(c2nc(-c3ccccn3)no2)CC1.Cl. The monoisotopic (exact) mass is 397 g/mol. The van der Waals surface area contributed by atoms with E-state index in [-0.39, 0.29) is 24.2 Å².